The molecule has 98 valence electrons. The largest absolute Gasteiger partial charge is 0.477 e. The maximum atomic E-state index is 11.6. The predicted molar refractivity (Wildman–Crippen MR) is 68.5 cm³/mol. The minimum atomic E-state index is -1.31. The summed E-state index contributed by atoms with van der Waals surface area (Å²) in [5.74, 6) is -1.31. The molecule has 3 N–H and O–H groups in total. The van der Waals surface area contributed by atoms with E-state index in [9.17, 15) is 14.4 Å². The summed E-state index contributed by atoms with van der Waals surface area (Å²) in [6.07, 6.45) is 0.772. The van der Waals surface area contributed by atoms with E-state index in [2.05, 4.69) is 4.98 Å². The molecule has 0 saturated carbocycles. The van der Waals surface area contributed by atoms with Gasteiger partial charge in [-0.1, -0.05) is 30.3 Å². The molecular formula is C13H12N2O4. The summed E-state index contributed by atoms with van der Waals surface area (Å²) >= 11 is 0. The van der Waals surface area contributed by atoms with E-state index >= 15 is 0 Å². The maximum Gasteiger partial charge on any atom is 0.352 e. The Bertz CT molecular complexity index is 701. The number of aromatic nitrogens is 2. The number of aryl methyl sites for hydroxylation is 1. The number of aromatic amines is 2. The highest BCUT2D eigenvalue weighted by molar-refractivity contribution is 5.86. The highest BCUT2D eigenvalue weighted by atomic mass is 16.4. The molecule has 0 spiro atoms. The molecule has 0 bridgehead atoms. The van der Waals surface area contributed by atoms with Crippen LogP contribution < -0.4 is 11.2 Å². The fourth-order valence-electron chi connectivity index (χ4n) is 1.85. The van der Waals surface area contributed by atoms with Gasteiger partial charge in [-0.25, -0.2) is 9.59 Å². The molecule has 1 aromatic heterocycles. The summed E-state index contributed by atoms with van der Waals surface area (Å²) < 4.78 is 0. The van der Waals surface area contributed by atoms with E-state index in [4.69, 9.17) is 5.11 Å². The lowest BCUT2D eigenvalue weighted by molar-refractivity contribution is 0.0688. The van der Waals surface area contributed by atoms with Crippen LogP contribution in [0.25, 0.3) is 0 Å². The van der Waals surface area contributed by atoms with Crippen molar-refractivity contribution in [2.24, 2.45) is 0 Å². The third-order valence-electron chi connectivity index (χ3n) is 2.76. The van der Waals surface area contributed by atoms with Gasteiger partial charge < -0.3 is 10.1 Å². The summed E-state index contributed by atoms with van der Waals surface area (Å²) in [5, 5.41) is 8.99. The number of nitrogens with one attached hydrogen (secondary N) is 2. The highest BCUT2D eigenvalue weighted by Crippen LogP contribution is 2.06. The standard InChI is InChI=1S/C13H12N2O4/c16-11-9(7-6-8-4-2-1-3-5-8)10(12(17)18)14-13(19)15-11/h1-5H,6-7H2,(H,17,18)(H2,14,15,16,19). The average molecular weight is 260 g/mol. The third kappa shape index (κ3) is 2.98. The fraction of sp³-hybridized carbons (Fsp3) is 0.154. The molecule has 0 aliphatic rings. The van der Waals surface area contributed by atoms with Gasteiger partial charge in [0.05, 0.1) is 0 Å². The first-order chi connectivity index (χ1) is 9.08. The van der Waals surface area contributed by atoms with Crippen LogP contribution in [0.15, 0.2) is 39.9 Å². The molecule has 2 rings (SSSR count). The topological polar surface area (TPSA) is 103 Å². The van der Waals surface area contributed by atoms with Gasteiger partial charge in [0.25, 0.3) is 5.56 Å². The molecule has 0 atom stereocenters. The Hall–Kier alpha value is -2.63. The quantitative estimate of drug-likeness (QED) is 0.746. The molecule has 1 aromatic carbocycles. The molecule has 0 radical (unpaired) electrons. The highest BCUT2D eigenvalue weighted by Gasteiger charge is 2.15. The van der Waals surface area contributed by atoms with Crippen molar-refractivity contribution in [1.29, 1.82) is 0 Å². The Morgan fingerprint density at radius 3 is 2.37 bits per heavy atom. The van der Waals surface area contributed by atoms with Gasteiger partial charge in [0.15, 0.2) is 0 Å². The summed E-state index contributed by atoms with van der Waals surface area (Å²) in [6.45, 7) is 0. The number of carbonyl (C=O) groups is 1. The van der Waals surface area contributed by atoms with Crippen molar-refractivity contribution in [3.05, 3.63) is 68.0 Å². The number of hydrogen-bond donors (Lipinski definition) is 3. The molecule has 0 fully saturated rings. The summed E-state index contributed by atoms with van der Waals surface area (Å²) in [7, 11) is 0. The van der Waals surface area contributed by atoms with Crippen LogP contribution in [0, 0.1) is 0 Å². The van der Waals surface area contributed by atoms with E-state index in [0.29, 0.717) is 6.42 Å². The van der Waals surface area contributed by atoms with E-state index in [1.54, 1.807) is 0 Å². The van der Waals surface area contributed by atoms with Crippen molar-refractivity contribution in [2.45, 2.75) is 12.8 Å². The minimum Gasteiger partial charge on any atom is -0.477 e. The van der Waals surface area contributed by atoms with Crippen molar-refractivity contribution in [3.63, 3.8) is 0 Å². The second-order valence-corrected chi connectivity index (χ2v) is 4.05. The second-order valence-electron chi connectivity index (χ2n) is 4.05. The Labute approximate surface area is 107 Å². The summed E-state index contributed by atoms with van der Waals surface area (Å²) in [6, 6.07) is 9.38. The van der Waals surface area contributed by atoms with Crippen molar-refractivity contribution in [1.82, 2.24) is 9.97 Å². The Morgan fingerprint density at radius 1 is 1.05 bits per heavy atom. The Balaban J connectivity index is 2.32. The molecule has 0 unspecified atom stereocenters. The van der Waals surface area contributed by atoms with Gasteiger partial charge in [-0.15, -0.1) is 0 Å². The number of aromatic carboxylic acids is 1. The van der Waals surface area contributed by atoms with E-state index in [-0.39, 0.29) is 17.7 Å². The lowest BCUT2D eigenvalue weighted by Gasteiger charge is -2.04. The molecule has 6 nitrogen and oxygen atoms in total. The fourth-order valence-corrected chi connectivity index (χ4v) is 1.85. The monoisotopic (exact) mass is 260 g/mol. The van der Waals surface area contributed by atoms with Crippen molar-refractivity contribution >= 4 is 5.97 Å². The number of benzene rings is 1. The lowest BCUT2D eigenvalue weighted by Crippen LogP contribution is -2.30. The van der Waals surface area contributed by atoms with Crippen LogP contribution in [-0.2, 0) is 12.8 Å². The first-order valence-electron chi connectivity index (χ1n) is 5.70. The Kier molecular flexibility index (Phi) is 3.61. The zero-order valence-electron chi connectivity index (χ0n) is 9.97. The number of carboxylic acid groups (broad SMARTS) is 1. The zero-order chi connectivity index (χ0) is 13.8. The SMILES string of the molecule is O=C(O)c1[nH]c(=O)[nH]c(=O)c1CCc1ccccc1. The predicted octanol–water partition coefficient (Wildman–Crippen LogP) is 0.547. The molecule has 1 heterocycles. The number of rotatable bonds is 4. The first kappa shape index (κ1) is 12.8. The molecule has 2 aromatic rings. The minimum absolute atomic E-state index is 0.0796. The molecule has 6 heteroatoms. The molecule has 0 amide bonds. The van der Waals surface area contributed by atoms with Crippen LogP contribution in [0.3, 0.4) is 0 Å². The van der Waals surface area contributed by atoms with Crippen LogP contribution in [0.2, 0.25) is 0 Å². The van der Waals surface area contributed by atoms with Gasteiger partial charge in [0.1, 0.15) is 5.69 Å². The molecule has 0 aliphatic heterocycles. The van der Waals surface area contributed by atoms with Crippen molar-refractivity contribution in [2.75, 3.05) is 0 Å². The van der Waals surface area contributed by atoms with Crippen LogP contribution >= 0.6 is 0 Å². The molecule has 19 heavy (non-hydrogen) atoms. The first-order valence-corrected chi connectivity index (χ1v) is 5.70. The van der Waals surface area contributed by atoms with Crippen LogP contribution in [-0.4, -0.2) is 21.0 Å². The van der Waals surface area contributed by atoms with Gasteiger partial charge >= 0.3 is 11.7 Å². The normalized spacial score (nSPS) is 10.3. The lowest BCUT2D eigenvalue weighted by atomic mass is 10.0. The number of carboxylic acids is 1. The van der Waals surface area contributed by atoms with Crippen molar-refractivity contribution in [3.8, 4) is 0 Å². The zero-order valence-corrected chi connectivity index (χ0v) is 9.97. The van der Waals surface area contributed by atoms with Crippen molar-refractivity contribution < 1.29 is 9.90 Å². The van der Waals surface area contributed by atoms with Crippen LogP contribution in [0.1, 0.15) is 21.6 Å². The maximum absolute atomic E-state index is 11.6. The molecular weight excluding hydrogens is 248 g/mol. The van der Waals surface area contributed by atoms with Gasteiger partial charge in [-0.2, -0.15) is 0 Å². The van der Waals surface area contributed by atoms with Gasteiger partial charge in [-0.05, 0) is 18.4 Å². The molecule has 0 aliphatic carbocycles. The van der Waals surface area contributed by atoms with Gasteiger partial charge in [-0.3, -0.25) is 9.78 Å². The third-order valence-corrected chi connectivity index (χ3v) is 2.76. The average Bonchev–Trinajstić information content (AvgIpc) is 2.38. The van der Waals surface area contributed by atoms with E-state index in [1.165, 1.54) is 0 Å². The second kappa shape index (κ2) is 5.34. The van der Waals surface area contributed by atoms with Gasteiger partial charge in [0, 0.05) is 5.56 Å². The summed E-state index contributed by atoms with van der Waals surface area (Å²) in [4.78, 5) is 37.9. The smallest absolute Gasteiger partial charge is 0.352 e. The summed E-state index contributed by atoms with van der Waals surface area (Å²) in [5.41, 5.74) is -0.743. The van der Waals surface area contributed by atoms with Crippen LogP contribution in [0.4, 0.5) is 0 Å². The van der Waals surface area contributed by atoms with E-state index < -0.39 is 17.2 Å². The Morgan fingerprint density at radius 2 is 1.74 bits per heavy atom. The van der Waals surface area contributed by atoms with Gasteiger partial charge in [0.2, 0.25) is 0 Å². The number of hydrogen-bond acceptors (Lipinski definition) is 3. The van der Waals surface area contributed by atoms with E-state index in [1.807, 2.05) is 35.3 Å². The number of H-pyrrole nitrogens is 2. The molecule has 0 saturated heterocycles. The van der Waals surface area contributed by atoms with Crippen LogP contribution in [0.5, 0.6) is 0 Å². The van der Waals surface area contributed by atoms with E-state index in [0.717, 1.165) is 5.56 Å².